The van der Waals surface area contributed by atoms with Crippen LogP contribution >= 0.6 is 0 Å². The number of hydrogen-bond donors (Lipinski definition) is 4. The van der Waals surface area contributed by atoms with E-state index in [2.05, 4.69) is 28.2 Å². The summed E-state index contributed by atoms with van der Waals surface area (Å²) in [7, 11) is 0. The number of hydrogen-bond acceptors (Lipinski definition) is 5. The van der Waals surface area contributed by atoms with Crippen molar-refractivity contribution in [3.05, 3.63) is 35.9 Å². The lowest BCUT2D eigenvalue weighted by Crippen LogP contribution is -2.50. The molecule has 3 rings (SSSR count). The number of imide groups is 1. The van der Waals surface area contributed by atoms with Gasteiger partial charge >= 0.3 is 6.03 Å². The lowest BCUT2D eigenvalue weighted by atomic mass is 9.85. The van der Waals surface area contributed by atoms with Crippen molar-refractivity contribution >= 4 is 29.5 Å². The minimum absolute atomic E-state index is 0.0830. The number of ketones is 1. The van der Waals surface area contributed by atoms with Gasteiger partial charge in [0, 0.05) is 6.04 Å². The zero-order valence-electron chi connectivity index (χ0n) is 21.5. The van der Waals surface area contributed by atoms with Gasteiger partial charge in [-0.2, -0.15) is 0 Å². The van der Waals surface area contributed by atoms with Gasteiger partial charge in [-0.05, 0) is 30.2 Å². The number of amides is 5. The summed E-state index contributed by atoms with van der Waals surface area (Å²) < 4.78 is 0. The fourth-order valence-electron chi connectivity index (χ4n) is 5.13. The Balaban J connectivity index is 1.68. The fraction of sp³-hybridized carbons (Fsp3) is 0.593. The van der Waals surface area contributed by atoms with Gasteiger partial charge in [-0.25, -0.2) is 4.79 Å². The average molecular weight is 499 g/mol. The maximum Gasteiger partial charge on any atom is 0.315 e. The number of carbonyl (C=O) groups excluding carboxylic acids is 5. The van der Waals surface area contributed by atoms with E-state index in [1.54, 1.807) is 13.8 Å². The lowest BCUT2D eigenvalue weighted by Gasteiger charge is -2.29. The lowest BCUT2D eigenvalue weighted by molar-refractivity contribution is -0.137. The minimum Gasteiger partial charge on any atom is -0.346 e. The highest BCUT2D eigenvalue weighted by Gasteiger charge is 2.46. The van der Waals surface area contributed by atoms with Crippen molar-refractivity contribution in [1.29, 1.82) is 0 Å². The third-order valence-electron chi connectivity index (χ3n) is 7.21. The normalized spacial score (nSPS) is 25.6. The molecule has 0 radical (unpaired) electrons. The van der Waals surface area contributed by atoms with Gasteiger partial charge in [0.25, 0.3) is 0 Å². The van der Waals surface area contributed by atoms with Crippen molar-refractivity contribution in [3.63, 3.8) is 0 Å². The standard InChI is InChI=1S/C27H38N4O5/c1-15(2)23(24(33)22-17(4)25(34)31-26(22)35)30-21(32)14-20(18-10-6-5-7-11-18)29-27(36)28-19-12-8-9-16(3)13-19/h5-7,10-11,15-17,19-20,22-23H,8-9,12-14H2,1-4H3,(H,30,32)(H2,28,29,36)(H,31,34,35)/t16?,17-,19?,20?,22?,23-/m0/s1. The van der Waals surface area contributed by atoms with E-state index in [9.17, 15) is 24.0 Å². The number of benzene rings is 1. The van der Waals surface area contributed by atoms with Gasteiger partial charge in [0.15, 0.2) is 5.78 Å². The van der Waals surface area contributed by atoms with Crippen LogP contribution in [0.15, 0.2) is 30.3 Å². The second-order valence-electron chi connectivity index (χ2n) is 10.6. The monoisotopic (exact) mass is 498 g/mol. The molecule has 4 N–H and O–H groups in total. The molecule has 1 heterocycles. The largest absolute Gasteiger partial charge is 0.346 e. The Bertz CT molecular complexity index is 980. The Hall–Kier alpha value is -3.23. The van der Waals surface area contributed by atoms with Crippen molar-refractivity contribution in [2.24, 2.45) is 23.7 Å². The predicted molar refractivity (Wildman–Crippen MR) is 134 cm³/mol. The molecule has 1 aliphatic carbocycles. The molecule has 1 saturated heterocycles. The van der Waals surface area contributed by atoms with E-state index in [0.717, 1.165) is 31.2 Å². The van der Waals surface area contributed by atoms with Gasteiger partial charge in [-0.15, -0.1) is 0 Å². The Morgan fingerprint density at radius 2 is 1.69 bits per heavy atom. The van der Waals surface area contributed by atoms with Crippen LogP contribution in [0.5, 0.6) is 0 Å². The summed E-state index contributed by atoms with van der Waals surface area (Å²) >= 11 is 0. The van der Waals surface area contributed by atoms with E-state index in [-0.39, 0.29) is 24.4 Å². The molecule has 4 unspecified atom stereocenters. The first kappa shape index (κ1) is 27.4. The van der Waals surface area contributed by atoms with Gasteiger partial charge < -0.3 is 16.0 Å². The van der Waals surface area contributed by atoms with Crippen LogP contribution in [-0.2, 0) is 19.2 Å². The van der Waals surface area contributed by atoms with Gasteiger partial charge in [0.1, 0.15) is 5.92 Å². The Morgan fingerprint density at radius 1 is 1.00 bits per heavy atom. The molecule has 0 spiro atoms. The smallest absolute Gasteiger partial charge is 0.315 e. The molecule has 5 amide bonds. The molecule has 2 fully saturated rings. The van der Waals surface area contributed by atoms with Gasteiger partial charge in [-0.3, -0.25) is 24.5 Å². The zero-order chi connectivity index (χ0) is 26.4. The van der Waals surface area contributed by atoms with Gasteiger partial charge in [-0.1, -0.05) is 70.9 Å². The third-order valence-corrected chi connectivity index (χ3v) is 7.21. The Labute approximate surface area is 212 Å². The van der Waals surface area contributed by atoms with Crippen LogP contribution in [0.25, 0.3) is 0 Å². The van der Waals surface area contributed by atoms with Crippen LogP contribution in [0.4, 0.5) is 4.79 Å². The van der Waals surface area contributed by atoms with Crippen LogP contribution in [-0.4, -0.2) is 41.6 Å². The van der Waals surface area contributed by atoms with E-state index in [4.69, 9.17) is 0 Å². The fourth-order valence-corrected chi connectivity index (χ4v) is 5.13. The first-order valence-corrected chi connectivity index (χ1v) is 12.9. The SMILES string of the molecule is CC1CCCC(NC(=O)NC(CC(=O)N[C@H](C(=O)C2C(=O)NC(=O)[C@H]2C)C(C)C)c2ccccc2)C1. The second-order valence-corrected chi connectivity index (χ2v) is 10.6. The molecule has 2 aliphatic rings. The van der Waals surface area contributed by atoms with E-state index in [0.29, 0.717) is 5.92 Å². The van der Waals surface area contributed by atoms with Gasteiger partial charge in [0.05, 0.1) is 24.4 Å². The van der Waals surface area contributed by atoms with E-state index >= 15 is 0 Å². The topological polar surface area (TPSA) is 133 Å². The summed E-state index contributed by atoms with van der Waals surface area (Å²) in [6, 6.07) is 7.42. The highest BCUT2D eigenvalue weighted by molar-refractivity contribution is 6.16. The van der Waals surface area contributed by atoms with E-state index in [1.807, 2.05) is 30.3 Å². The molecular weight excluding hydrogens is 460 g/mol. The van der Waals surface area contributed by atoms with Crippen molar-refractivity contribution in [3.8, 4) is 0 Å². The predicted octanol–water partition coefficient (Wildman–Crippen LogP) is 2.61. The zero-order valence-corrected chi connectivity index (χ0v) is 21.5. The maximum absolute atomic E-state index is 13.2. The van der Waals surface area contributed by atoms with Crippen LogP contribution < -0.4 is 21.3 Å². The van der Waals surface area contributed by atoms with E-state index in [1.165, 1.54) is 6.92 Å². The Kier molecular flexibility index (Phi) is 9.23. The van der Waals surface area contributed by atoms with Crippen molar-refractivity contribution in [2.45, 2.75) is 77.9 Å². The molecular formula is C27H38N4O5. The average Bonchev–Trinajstić information content (AvgIpc) is 3.08. The molecule has 0 bridgehead atoms. The molecule has 36 heavy (non-hydrogen) atoms. The summed E-state index contributed by atoms with van der Waals surface area (Å²) in [5.74, 6) is -3.68. The molecule has 6 atom stereocenters. The molecule has 1 saturated carbocycles. The van der Waals surface area contributed by atoms with Crippen molar-refractivity contribution in [2.75, 3.05) is 0 Å². The molecule has 196 valence electrons. The third kappa shape index (κ3) is 6.92. The van der Waals surface area contributed by atoms with Crippen LogP contribution in [0.3, 0.4) is 0 Å². The number of nitrogens with one attached hydrogen (secondary N) is 4. The summed E-state index contributed by atoms with van der Waals surface area (Å²) in [6.07, 6.45) is 4.02. The molecule has 1 aromatic carbocycles. The van der Waals surface area contributed by atoms with Gasteiger partial charge in [0.2, 0.25) is 17.7 Å². The van der Waals surface area contributed by atoms with Crippen molar-refractivity contribution < 1.29 is 24.0 Å². The molecule has 1 aromatic rings. The first-order chi connectivity index (χ1) is 17.1. The minimum atomic E-state index is -1.13. The molecule has 1 aliphatic heterocycles. The summed E-state index contributed by atoms with van der Waals surface area (Å²) in [5.41, 5.74) is 0.765. The Morgan fingerprint density at radius 3 is 2.28 bits per heavy atom. The number of carbonyl (C=O) groups is 5. The summed E-state index contributed by atoms with van der Waals surface area (Å²) in [4.78, 5) is 63.1. The van der Waals surface area contributed by atoms with Crippen LogP contribution in [0.2, 0.25) is 0 Å². The first-order valence-electron chi connectivity index (χ1n) is 12.9. The van der Waals surface area contributed by atoms with E-state index < -0.39 is 47.4 Å². The highest BCUT2D eigenvalue weighted by Crippen LogP contribution is 2.25. The number of Topliss-reactive ketones (excluding diaryl/α,β-unsaturated/α-hetero) is 1. The van der Waals surface area contributed by atoms with Crippen LogP contribution in [0.1, 0.15) is 71.4 Å². The highest BCUT2D eigenvalue weighted by atomic mass is 16.2. The molecule has 9 nitrogen and oxygen atoms in total. The van der Waals surface area contributed by atoms with Crippen molar-refractivity contribution in [1.82, 2.24) is 21.3 Å². The number of rotatable bonds is 9. The number of urea groups is 1. The summed E-state index contributed by atoms with van der Waals surface area (Å²) in [5, 5.41) is 10.9. The molecule has 9 heteroatoms. The maximum atomic E-state index is 13.2. The summed E-state index contributed by atoms with van der Waals surface area (Å²) in [6.45, 7) is 7.26. The quantitative estimate of drug-likeness (QED) is 0.307. The second kappa shape index (κ2) is 12.1. The molecule has 0 aromatic heterocycles. The van der Waals surface area contributed by atoms with Crippen LogP contribution in [0, 0.1) is 23.7 Å².